The molecular weight excluding hydrogens is 270 g/mol. The summed E-state index contributed by atoms with van der Waals surface area (Å²) in [4.78, 5) is 21.0. The van der Waals surface area contributed by atoms with Gasteiger partial charge in [-0.2, -0.15) is 0 Å². The van der Waals surface area contributed by atoms with Crippen LogP contribution >= 0.6 is 22.9 Å². The highest BCUT2D eigenvalue weighted by atomic mass is 35.5. The number of amides is 1. The van der Waals surface area contributed by atoms with E-state index in [1.54, 1.807) is 12.1 Å². The second-order valence-corrected chi connectivity index (χ2v) is 5.77. The van der Waals surface area contributed by atoms with Crippen molar-refractivity contribution in [3.8, 4) is 0 Å². The Morgan fingerprint density at radius 1 is 1.33 bits per heavy atom. The molecule has 2 aromatic heterocycles. The van der Waals surface area contributed by atoms with Crippen LogP contribution in [0.5, 0.6) is 0 Å². The largest absolute Gasteiger partial charge is 0.306 e. The topological polar surface area (TPSA) is 54.9 Å². The second-order valence-electron chi connectivity index (χ2n) is 4.06. The normalized spacial score (nSPS) is 13.4. The van der Waals surface area contributed by atoms with E-state index < -0.39 is 0 Å². The Kier molecular flexibility index (Phi) is 3.01. The molecule has 0 bridgehead atoms. The van der Waals surface area contributed by atoms with Gasteiger partial charge in [0.2, 0.25) is 0 Å². The summed E-state index contributed by atoms with van der Waals surface area (Å²) in [7, 11) is 0. The molecule has 0 aromatic carbocycles. The SMILES string of the molecule is O=C(Nc1ncnc2c1CCC2)c1ccc(Cl)s1. The van der Waals surface area contributed by atoms with E-state index in [1.807, 2.05) is 0 Å². The molecule has 4 nitrogen and oxygen atoms in total. The van der Waals surface area contributed by atoms with Crippen molar-refractivity contribution in [1.82, 2.24) is 9.97 Å². The van der Waals surface area contributed by atoms with Gasteiger partial charge in [0.15, 0.2) is 0 Å². The summed E-state index contributed by atoms with van der Waals surface area (Å²) in [6.45, 7) is 0. The van der Waals surface area contributed by atoms with Crippen LogP contribution in [0.2, 0.25) is 4.34 Å². The van der Waals surface area contributed by atoms with Crippen LogP contribution in [0.4, 0.5) is 5.82 Å². The molecule has 0 saturated heterocycles. The lowest BCUT2D eigenvalue weighted by Crippen LogP contribution is -2.13. The molecule has 0 saturated carbocycles. The van der Waals surface area contributed by atoms with Gasteiger partial charge in [-0.15, -0.1) is 11.3 Å². The van der Waals surface area contributed by atoms with Crippen LogP contribution in [0.1, 0.15) is 27.3 Å². The van der Waals surface area contributed by atoms with E-state index in [2.05, 4.69) is 15.3 Å². The zero-order chi connectivity index (χ0) is 12.5. The Morgan fingerprint density at radius 3 is 3.00 bits per heavy atom. The monoisotopic (exact) mass is 279 g/mol. The molecule has 1 aliphatic rings. The summed E-state index contributed by atoms with van der Waals surface area (Å²) in [5.74, 6) is 0.465. The number of hydrogen-bond acceptors (Lipinski definition) is 4. The maximum absolute atomic E-state index is 12.0. The van der Waals surface area contributed by atoms with Crippen LogP contribution in [0, 0.1) is 0 Å². The van der Waals surface area contributed by atoms with Gasteiger partial charge in [-0.1, -0.05) is 11.6 Å². The summed E-state index contributed by atoms with van der Waals surface area (Å²) in [6.07, 6.45) is 4.46. The fraction of sp³-hybridized carbons (Fsp3) is 0.250. The maximum atomic E-state index is 12.0. The quantitative estimate of drug-likeness (QED) is 0.919. The predicted molar refractivity (Wildman–Crippen MR) is 71.3 cm³/mol. The molecule has 2 aromatic rings. The minimum atomic E-state index is -0.167. The minimum Gasteiger partial charge on any atom is -0.306 e. The molecular formula is C12H10ClN3OS. The van der Waals surface area contributed by atoms with Gasteiger partial charge in [0.1, 0.15) is 12.1 Å². The molecule has 2 heterocycles. The van der Waals surface area contributed by atoms with Crippen molar-refractivity contribution < 1.29 is 4.79 Å². The summed E-state index contributed by atoms with van der Waals surface area (Å²) in [6, 6.07) is 3.43. The van der Waals surface area contributed by atoms with Crippen LogP contribution in [-0.2, 0) is 12.8 Å². The number of nitrogens with zero attached hydrogens (tertiary/aromatic N) is 2. The Labute approximate surface area is 113 Å². The van der Waals surface area contributed by atoms with E-state index in [9.17, 15) is 4.79 Å². The first kappa shape index (κ1) is 11.6. The molecule has 6 heteroatoms. The Hall–Kier alpha value is -1.46. The van der Waals surface area contributed by atoms with E-state index in [0.29, 0.717) is 15.0 Å². The van der Waals surface area contributed by atoms with E-state index in [1.165, 1.54) is 17.7 Å². The molecule has 0 spiro atoms. The maximum Gasteiger partial charge on any atom is 0.266 e. The molecule has 0 radical (unpaired) electrons. The fourth-order valence-electron chi connectivity index (χ4n) is 2.07. The minimum absolute atomic E-state index is 0.167. The highest BCUT2D eigenvalue weighted by Gasteiger charge is 2.19. The molecule has 18 heavy (non-hydrogen) atoms. The highest BCUT2D eigenvalue weighted by molar-refractivity contribution is 7.18. The third-order valence-corrected chi connectivity index (χ3v) is 4.13. The van der Waals surface area contributed by atoms with Crippen LogP contribution in [0.15, 0.2) is 18.5 Å². The molecule has 3 rings (SSSR count). The van der Waals surface area contributed by atoms with E-state index in [4.69, 9.17) is 11.6 Å². The van der Waals surface area contributed by atoms with Gasteiger partial charge >= 0.3 is 0 Å². The van der Waals surface area contributed by atoms with Crippen molar-refractivity contribution in [3.05, 3.63) is 38.9 Å². The van der Waals surface area contributed by atoms with E-state index in [0.717, 1.165) is 30.5 Å². The van der Waals surface area contributed by atoms with Gasteiger partial charge in [0.25, 0.3) is 5.91 Å². The third kappa shape index (κ3) is 2.11. The fourth-order valence-corrected chi connectivity index (χ4v) is 3.01. The zero-order valence-electron chi connectivity index (χ0n) is 9.44. The van der Waals surface area contributed by atoms with Gasteiger partial charge in [-0.3, -0.25) is 4.79 Å². The highest BCUT2D eigenvalue weighted by Crippen LogP contribution is 2.27. The zero-order valence-corrected chi connectivity index (χ0v) is 11.0. The number of hydrogen-bond donors (Lipinski definition) is 1. The standard InChI is InChI=1S/C12H10ClN3OS/c13-10-5-4-9(18-10)12(17)16-11-7-2-1-3-8(7)14-6-15-11/h4-6H,1-3H2,(H,14,15,16,17). The van der Waals surface area contributed by atoms with Crippen molar-refractivity contribution in [2.24, 2.45) is 0 Å². The van der Waals surface area contributed by atoms with Crippen LogP contribution < -0.4 is 5.32 Å². The van der Waals surface area contributed by atoms with Crippen molar-refractivity contribution in [2.45, 2.75) is 19.3 Å². The van der Waals surface area contributed by atoms with Gasteiger partial charge in [-0.25, -0.2) is 9.97 Å². The molecule has 1 aliphatic carbocycles. The number of halogens is 1. The van der Waals surface area contributed by atoms with Gasteiger partial charge < -0.3 is 5.32 Å². The lowest BCUT2D eigenvalue weighted by atomic mass is 10.2. The number of aromatic nitrogens is 2. The number of nitrogens with one attached hydrogen (secondary N) is 1. The molecule has 0 fully saturated rings. The average Bonchev–Trinajstić information content (AvgIpc) is 2.97. The third-order valence-electron chi connectivity index (χ3n) is 2.90. The molecule has 0 unspecified atom stereocenters. The van der Waals surface area contributed by atoms with Crippen molar-refractivity contribution in [1.29, 1.82) is 0 Å². The van der Waals surface area contributed by atoms with Crippen LogP contribution in [0.3, 0.4) is 0 Å². The van der Waals surface area contributed by atoms with Crippen molar-refractivity contribution in [3.63, 3.8) is 0 Å². The lowest BCUT2D eigenvalue weighted by Gasteiger charge is -2.07. The molecule has 92 valence electrons. The number of anilines is 1. The summed E-state index contributed by atoms with van der Waals surface area (Å²) >= 11 is 7.07. The molecule has 1 N–H and O–H groups in total. The van der Waals surface area contributed by atoms with Crippen molar-refractivity contribution in [2.75, 3.05) is 5.32 Å². The van der Waals surface area contributed by atoms with E-state index in [-0.39, 0.29) is 5.91 Å². The number of rotatable bonds is 2. The average molecular weight is 280 g/mol. The van der Waals surface area contributed by atoms with Crippen LogP contribution in [0.25, 0.3) is 0 Å². The Balaban J connectivity index is 1.85. The molecule has 0 atom stereocenters. The Bertz CT molecular complexity index is 611. The summed E-state index contributed by atoms with van der Waals surface area (Å²) in [5, 5.41) is 2.83. The summed E-state index contributed by atoms with van der Waals surface area (Å²) in [5.41, 5.74) is 2.11. The first-order valence-electron chi connectivity index (χ1n) is 5.63. The van der Waals surface area contributed by atoms with Crippen molar-refractivity contribution >= 4 is 34.7 Å². The molecule has 0 aliphatic heterocycles. The molecule has 1 amide bonds. The first-order valence-corrected chi connectivity index (χ1v) is 6.83. The smallest absolute Gasteiger partial charge is 0.266 e. The van der Waals surface area contributed by atoms with Gasteiger partial charge in [-0.05, 0) is 31.4 Å². The van der Waals surface area contributed by atoms with E-state index >= 15 is 0 Å². The number of aryl methyl sites for hydroxylation is 1. The number of carbonyl (C=O) groups excluding carboxylic acids is 1. The number of thiophene rings is 1. The lowest BCUT2D eigenvalue weighted by molar-refractivity contribution is 0.103. The number of carbonyl (C=O) groups is 1. The predicted octanol–water partition coefficient (Wildman–Crippen LogP) is 2.93. The van der Waals surface area contributed by atoms with Gasteiger partial charge in [0.05, 0.1) is 9.21 Å². The first-order chi connectivity index (χ1) is 8.74. The summed E-state index contributed by atoms with van der Waals surface area (Å²) < 4.78 is 0.605. The number of fused-ring (bicyclic) bond motifs is 1. The Morgan fingerprint density at radius 2 is 2.22 bits per heavy atom. The van der Waals surface area contributed by atoms with Gasteiger partial charge in [0, 0.05) is 11.3 Å². The second kappa shape index (κ2) is 4.66. The van der Waals surface area contributed by atoms with Crippen LogP contribution in [-0.4, -0.2) is 15.9 Å².